The number of nitro groups is 1. The first-order chi connectivity index (χ1) is 14.2. The third-order valence-electron chi connectivity index (χ3n) is 4.55. The SMILES string of the molecule is Cl.O=[N+]([O-])c1ccc(OCCOc2nccnc2N2CCNCC2)c2ncccc12. The number of ether oxygens (including phenoxy) is 2. The van der Waals surface area contributed by atoms with Crippen molar-refractivity contribution in [2.45, 2.75) is 0 Å². The van der Waals surface area contributed by atoms with Crippen molar-refractivity contribution in [3.63, 3.8) is 0 Å². The second-order valence-electron chi connectivity index (χ2n) is 6.36. The molecule has 30 heavy (non-hydrogen) atoms. The molecular weight excluding hydrogens is 412 g/mol. The topological polar surface area (TPSA) is 116 Å². The lowest BCUT2D eigenvalue weighted by molar-refractivity contribution is -0.383. The van der Waals surface area contributed by atoms with Crippen LogP contribution in [0, 0.1) is 10.1 Å². The number of hydrogen-bond acceptors (Lipinski definition) is 9. The molecule has 0 spiro atoms. The minimum atomic E-state index is -0.428. The third kappa shape index (κ3) is 4.66. The minimum Gasteiger partial charge on any atom is -0.488 e. The quantitative estimate of drug-likeness (QED) is 0.340. The summed E-state index contributed by atoms with van der Waals surface area (Å²) in [5, 5.41) is 14.9. The van der Waals surface area contributed by atoms with Gasteiger partial charge in [-0.1, -0.05) is 0 Å². The first-order valence-electron chi connectivity index (χ1n) is 9.28. The molecule has 1 fully saturated rings. The molecule has 11 heteroatoms. The first kappa shape index (κ1) is 21.5. The van der Waals surface area contributed by atoms with Gasteiger partial charge in [0.25, 0.3) is 11.6 Å². The van der Waals surface area contributed by atoms with Crippen LogP contribution >= 0.6 is 12.4 Å². The Morgan fingerprint density at radius 1 is 1.03 bits per heavy atom. The molecule has 1 N–H and O–H groups in total. The first-order valence-corrected chi connectivity index (χ1v) is 9.28. The van der Waals surface area contributed by atoms with E-state index in [0.717, 1.165) is 32.0 Å². The summed E-state index contributed by atoms with van der Waals surface area (Å²) in [5.74, 6) is 1.65. The van der Waals surface area contributed by atoms with Gasteiger partial charge in [0.2, 0.25) is 0 Å². The maximum atomic E-state index is 11.2. The van der Waals surface area contributed by atoms with E-state index >= 15 is 0 Å². The Morgan fingerprint density at radius 2 is 1.80 bits per heavy atom. The van der Waals surface area contributed by atoms with Gasteiger partial charge >= 0.3 is 0 Å². The van der Waals surface area contributed by atoms with Crippen LogP contribution in [0.25, 0.3) is 10.9 Å². The van der Waals surface area contributed by atoms with Crippen molar-refractivity contribution in [1.29, 1.82) is 0 Å². The van der Waals surface area contributed by atoms with E-state index in [-0.39, 0.29) is 31.3 Å². The van der Waals surface area contributed by atoms with Crippen molar-refractivity contribution < 1.29 is 14.4 Å². The van der Waals surface area contributed by atoms with Crippen LogP contribution in [0.15, 0.2) is 42.9 Å². The zero-order valence-electron chi connectivity index (χ0n) is 16.1. The smallest absolute Gasteiger partial charge is 0.279 e. The van der Waals surface area contributed by atoms with E-state index in [1.54, 1.807) is 36.8 Å². The molecule has 0 bridgehead atoms. The Bertz CT molecular complexity index is 1020. The summed E-state index contributed by atoms with van der Waals surface area (Å²) in [6, 6.07) is 6.30. The fraction of sp³-hybridized carbons (Fsp3) is 0.316. The number of halogens is 1. The second kappa shape index (κ2) is 9.99. The summed E-state index contributed by atoms with van der Waals surface area (Å²) in [6.45, 7) is 3.95. The van der Waals surface area contributed by atoms with E-state index in [1.807, 2.05) is 0 Å². The average Bonchev–Trinajstić information content (AvgIpc) is 2.77. The van der Waals surface area contributed by atoms with Crippen molar-refractivity contribution in [3.8, 4) is 11.6 Å². The number of nitrogens with zero attached hydrogens (tertiary/aromatic N) is 5. The van der Waals surface area contributed by atoms with Crippen LogP contribution in [-0.2, 0) is 0 Å². The molecule has 0 amide bonds. The van der Waals surface area contributed by atoms with Crippen LogP contribution in [0.3, 0.4) is 0 Å². The highest BCUT2D eigenvalue weighted by Crippen LogP contribution is 2.31. The molecule has 0 radical (unpaired) electrons. The molecule has 0 atom stereocenters. The van der Waals surface area contributed by atoms with Crippen LogP contribution < -0.4 is 19.7 Å². The maximum absolute atomic E-state index is 11.2. The number of non-ortho nitro benzene ring substituents is 1. The predicted molar refractivity (Wildman–Crippen MR) is 114 cm³/mol. The molecule has 3 heterocycles. The fourth-order valence-electron chi connectivity index (χ4n) is 3.21. The maximum Gasteiger partial charge on any atom is 0.279 e. The summed E-state index contributed by atoms with van der Waals surface area (Å²) in [7, 11) is 0. The summed E-state index contributed by atoms with van der Waals surface area (Å²) in [5.41, 5.74) is 0.444. The van der Waals surface area contributed by atoms with E-state index in [0.29, 0.717) is 22.5 Å². The standard InChI is InChI=1S/C19H20N6O4.ClH/c26-25(27)15-3-4-16(17-14(15)2-1-5-21-17)28-12-13-29-19-18(22-6-7-23-19)24-10-8-20-9-11-24;/h1-7,20H,8-13H2;1H. The highest BCUT2D eigenvalue weighted by Gasteiger charge is 2.18. The van der Waals surface area contributed by atoms with E-state index in [9.17, 15) is 10.1 Å². The average molecular weight is 433 g/mol. The Morgan fingerprint density at radius 3 is 2.60 bits per heavy atom. The lowest BCUT2D eigenvalue weighted by Crippen LogP contribution is -2.44. The van der Waals surface area contributed by atoms with E-state index in [4.69, 9.17) is 9.47 Å². The number of piperazine rings is 1. The van der Waals surface area contributed by atoms with Crippen molar-refractivity contribution in [2.24, 2.45) is 0 Å². The number of anilines is 1. The van der Waals surface area contributed by atoms with Crippen molar-refractivity contribution in [2.75, 3.05) is 44.3 Å². The molecule has 1 aliphatic rings. The number of fused-ring (bicyclic) bond motifs is 1. The number of aromatic nitrogens is 3. The van der Waals surface area contributed by atoms with Gasteiger partial charge in [-0.15, -0.1) is 12.4 Å². The number of pyridine rings is 1. The molecule has 158 valence electrons. The molecule has 1 aliphatic heterocycles. The van der Waals surface area contributed by atoms with Crippen LogP contribution in [0.2, 0.25) is 0 Å². The van der Waals surface area contributed by atoms with Gasteiger partial charge in [-0.2, -0.15) is 0 Å². The van der Waals surface area contributed by atoms with Gasteiger partial charge in [0, 0.05) is 50.8 Å². The molecule has 2 aromatic heterocycles. The predicted octanol–water partition coefficient (Wildman–Crippen LogP) is 2.22. The Kier molecular flexibility index (Phi) is 7.15. The second-order valence-corrected chi connectivity index (χ2v) is 6.36. The molecular formula is C19H21ClN6O4. The Balaban J connectivity index is 0.00000256. The van der Waals surface area contributed by atoms with E-state index in [1.165, 1.54) is 6.07 Å². The zero-order chi connectivity index (χ0) is 20.1. The van der Waals surface area contributed by atoms with Crippen molar-refractivity contribution >= 4 is 34.8 Å². The molecule has 1 saturated heterocycles. The van der Waals surface area contributed by atoms with Gasteiger partial charge in [0.15, 0.2) is 5.82 Å². The molecule has 0 saturated carbocycles. The molecule has 1 aromatic carbocycles. The number of nitrogens with one attached hydrogen (secondary N) is 1. The molecule has 3 aromatic rings. The summed E-state index contributed by atoms with van der Waals surface area (Å²) < 4.78 is 11.6. The number of benzene rings is 1. The highest BCUT2D eigenvalue weighted by molar-refractivity contribution is 5.92. The normalized spacial score (nSPS) is 13.5. The van der Waals surface area contributed by atoms with E-state index < -0.39 is 4.92 Å². The number of hydrogen-bond donors (Lipinski definition) is 1. The number of rotatable bonds is 7. The molecule has 10 nitrogen and oxygen atoms in total. The summed E-state index contributed by atoms with van der Waals surface area (Å²) >= 11 is 0. The van der Waals surface area contributed by atoms with Crippen LogP contribution in [-0.4, -0.2) is 59.3 Å². The zero-order valence-corrected chi connectivity index (χ0v) is 16.9. The third-order valence-corrected chi connectivity index (χ3v) is 4.55. The van der Waals surface area contributed by atoms with Gasteiger partial charge < -0.3 is 19.7 Å². The van der Waals surface area contributed by atoms with E-state index in [2.05, 4.69) is 25.2 Å². The van der Waals surface area contributed by atoms with Gasteiger partial charge in [-0.3, -0.25) is 15.1 Å². The van der Waals surface area contributed by atoms with Gasteiger partial charge in [-0.25, -0.2) is 9.97 Å². The monoisotopic (exact) mass is 432 g/mol. The molecule has 0 unspecified atom stereocenters. The van der Waals surface area contributed by atoms with Crippen LogP contribution in [0.4, 0.5) is 11.5 Å². The van der Waals surface area contributed by atoms with Crippen LogP contribution in [0.1, 0.15) is 0 Å². The van der Waals surface area contributed by atoms with Crippen molar-refractivity contribution in [1.82, 2.24) is 20.3 Å². The Hall–Kier alpha value is -3.24. The summed E-state index contributed by atoms with van der Waals surface area (Å²) in [4.78, 5) is 25.8. The van der Waals surface area contributed by atoms with Gasteiger partial charge in [0.1, 0.15) is 24.5 Å². The highest BCUT2D eigenvalue weighted by atomic mass is 35.5. The lowest BCUT2D eigenvalue weighted by Gasteiger charge is -2.28. The number of nitro benzene ring substituents is 1. The molecule has 0 aliphatic carbocycles. The minimum absolute atomic E-state index is 0. The van der Waals surface area contributed by atoms with Gasteiger partial charge in [0.05, 0.1) is 10.3 Å². The lowest BCUT2D eigenvalue weighted by atomic mass is 10.1. The van der Waals surface area contributed by atoms with Gasteiger partial charge in [-0.05, 0) is 18.2 Å². The summed E-state index contributed by atoms with van der Waals surface area (Å²) in [6.07, 6.45) is 4.82. The Labute approximate surface area is 178 Å². The largest absolute Gasteiger partial charge is 0.488 e. The van der Waals surface area contributed by atoms with Crippen LogP contribution in [0.5, 0.6) is 11.6 Å². The molecule has 4 rings (SSSR count). The fourth-order valence-corrected chi connectivity index (χ4v) is 3.21. The van der Waals surface area contributed by atoms with Crippen molar-refractivity contribution in [3.05, 3.63) is 53.0 Å².